The van der Waals surface area contributed by atoms with Gasteiger partial charge in [0, 0.05) is 16.1 Å². The molecule has 1 aromatic heterocycles. The van der Waals surface area contributed by atoms with Gasteiger partial charge in [-0.3, -0.25) is 4.79 Å². The van der Waals surface area contributed by atoms with Crippen molar-refractivity contribution in [1.29, 1.82) is 0 Å². The maximum atomic E-state index is 13.1. The van der Waals surface area contributed by atoms with Crippen LogP contribution in [0.1, 0.15) is 61.8 Å². The molecule has 0 atom stereocenters. The molecule has 1 heterocycles. The van der Waals surface area contributed by atoms with Gasteiger partial charge in [-0.15, -0.1) is 11.3 Å². The number of hydrogen-bond acceptors (Lipinski definition) is 5. The second kappa shape index (κ2) is 11.4. The number of rotatable bonds is 9. The fourth-order valence-corrected chi connectivity index (χ4v) is 6.80. The van der Waals surface area contributed by atoms with E-state index >= 15 is 0 Å². The van der Waals surface area contributed by atoms with Crippen LogP contribution in [0.2, 0.25) is 0 Å². The van der Waals surface area contributed by atoms with Crippen molar-refractivity contribution in [3.05, 3.63) is 89.0 Å². The van der Waals surface area contributed by atoms with E-state index in [-0.39, 0.29) is 23.2 Å². The molecule has 4 aromatic rings. The summed E-state index contributed by atoms with van der Waals surface area (Å²) in [6.45, 7) is 9.16. The van der Waals surface area contributed by atoms with Gasteiger partial charge < -0.3 is 4.90 Å². The summed E-state index contributed by atoms with van der Waals surface area (Å²) in [5.74, 6) is -0.184. The van der Waals surface area contributed by atoms with Gasteiger partial charge in [-0.25, -0.2) is 13.1 Å². The van der Waals surface area contributed by atoms with Gasteiger partial charge in [0.15, 0.2) is 0 Å². The van der Waals surface area contributed by atoms with Gasteiger partial charge in [-0.05, 0) is 95.5 Å². The average Bonchev–Trinajstić information content (AvgIpc) is 3.27. The standard InChI is InChI=1S/C31H36N2O3S2/c1-20(2)26-15-24(30-17-23-9-7-8-10-29(23)37-30)16-27(21(3)4)28(26)18-31(34)32-38(35,36)25-13-11-22(12-14-25)19-33(5)6/h7-17,20-21H,18-19H2,1-6H3,(H,32,34). The van der Waals surface area contributed by atoms with Crippen LogP contribution in [0.5, 0.6) is 0 Å². The number of nitrogens with one attached hydrogen (secondary N) is 1. The van der Waals surface area contributed by atoms with Gasteiger partial charge in [0.2, 0.25) is 5.91 Å². The molecule has 0 aliphatic rings. The lowest BCUT2D eigenvalue weighted by Gasteiger charge is -2.21. The van der Waals surface area contributed by atoms with Crippen LogP contribution in [-0.4, -0.2) is 33.3 Å². The summed E-state index contributed by atoms with van der Waals surface area (Å²) in [7, 11) is -0.0583. The Balaban J connectivity index is 1.64. The molecule has 0 spiro atoms. The molecular weight excluding hydrogens is 512 g/mol. The van der Waals surface area contributed by atoms with Crippen LogP contribution in [0.25, 0.3) is 20.5 Å². The van der Waals surface area contributed by atoms with E-state index in [0.717, 1.165) is 27.8 Å². The molecule has 200 valence electrons. The van der Waals surface area contributed by atoms with Crippen molar-refractivity contribution >= 4 is 37.4 Å². The third kappa shape index (κ3) is 6.34. The van der Waals surface area contributed by atoms with Crippen molar-refractivity contribution in [3.8, 4) is 10.4 Å². The smallest absolute Gasteiger partial charge is 0.264 e. The summed E-state index contributed by atoms with van der Waals surface area (Å²) in [6.07, 6.45) is 0.00562. The summed E-state index contributed by atoms with van der Waals surface area (Å²) in [5, 5.41) is 1.22. The molecular formula is C31H36N2O3S2. The summed E-state index contributed by atoms with van der Waals surface area (Å²) in [6, 6.07) is 21.6. The Kier molecular flexibility index (Phi) is 8.40. The first-order valence-electron chi connectivity index (χ1n) is 12.9. The SMILES string of the molecule is CC(C)c1cc(-c2cc3ccccc3s2)cc(C(C)C)c1CC(=O)NS(=O)(=O)c1ccc(CN(C)C)cc1. The molecule has 0 saturated carbocycles. The normalized spacial score (nSPS) is 12.1. The van der Waals surface area contributed by atoms with Crippen LogP contribution in [0.3, 0.4) is 0 Å². The van der Waals surface area contributed by atoms with Crippen molar-refractivity contribution in [1.82, 2.24) is 9.62 Å². The fourth-order valence-electron chi connectivity index (χ4n) is 4.76. The summed E-state index contributed by atoms with van der Waals surface area (Å²) in [5.41, 5.74) is 5.19. The Morgan fingerprint density at radius 2 is 1.50 bits per heavy atom. The second-order valence-corrected chi connectivity index (χ2v) is 13.4. The van der Waals surface area contributed by atoms with Crippen molar-refractivity contribution in [2.24, 2.45) is 0 Å². The molecule has 5 nitrogen and oxygen atoms in total. The molecule has 38 heavy (non-hydrogen) atoms. The molecule has 0 fully saturated rings. The number of carbonyl (C=O) groups is 1. The molecule has 3 aromatic carbocycles. The zero-order valence-electron chi connectivity index (χ0n) is 22.9. The van der Waals surface area contributed by atoms with Crippen molar-refractivity contribution in [2.45, 2.75) is 57.4 Å². The Labute approximate surface area is 230 Å². The van der Waals surface area contributed by atoms with Gasteiger partial charge in [0.1, 0.15) is 0 Å². The average molecular weight is 549 g/mol. The van der Waals surface area contributed by atoms with E-state index in [4.69, 9.17) is 0 Å². The Morgan fingerprint density at radius 3 is 2.05 bits per heavy atom. The molecule has 0 saturated heterocycles. The second-order valence-electron chi connectivity index (χ2n) is 10.7. The Hall–Kier alpha value is -3.00. The first-order chi connectivity index (χ1) is 17.9. The molecule has 4 rings (SSSR count). The molecule has 1 N–H and O–H groups in total. The third-order valence-electron chi connectivity index (χ3n) is 6.59. The number of nitrogens with zero attached hydrogens (tertiary/aromatic N) is 1. The number of benzene rings is 3. The molecule has 0 radical (unpaired) electrons. The Bertz CT molecular complexity index is 1490. The van der Waals surface area contributed by atoms with Gasteiger partial charge in [-0.1, -0.05) is 58.0 Å². The molecule has 7 heteroatoms. The van der Waals surface area contributed by atoms with Crippen LogP contribution in [0, 0.1) is 0 Å². The molecule has 0 aliphatic heterocycles. The van der Waals surface area contributed by atoms with E-state index in [1.165, 1.54) is 15.0 Å². The van der Waals surface area contributed by atoms with Crippen LogP contribution < -0.4 is 4.72 Å². The topological polar surface area (TPSA) is 66.5 Å². The summed E-state index contributed by atoms with van der Waals surface area (Å²) >= 11 is 1.76. The zero-order chi connectivity index (χ0) is 27.6. The van der Waals surface area contributed by atoms with Gasteiger partial charge in [0.05, 0.1) is 11.3 Å². The van der Waals surface area contributed by atoms with Gasteiger partial charge in [-0.2, -0.15) is 0 Å². The molecule has 0 unspecified atom stereocenters. The van der Waals surface area contributed by atoms with E-state index in [0.29, 0.717) is 6.54 Å². The highest BCUT2D eigenvalue weighted by atomic mass is 32.2. The van der Waals surface area contributed by atoms with Gasteiger partial charge in [0.25, 0.3) is 10.0 Å². The predicted molar refractivity (Wildman–Crippen MR) is 158 cm³/mol. The lowest BCUT2D eigenvalue weighted by molar-refractivity contribution is -0.118. The minimum Gasteiger partial charge on any atom is -0.305 e. The van der Waals surface area contributed by atoms with E-state index in [2.05, 4.69) is 68.8 Å². The largest absolute Gasteiger partial charge is 0.305 e. The van der Waals surface area contributed by atoms with Crippen LogP contribution in [-0.2, 0) is 27.8 Å². The first-order valence-corrected chi connectivity index (χ1v) is 15.2. The number of hydrogen-bond donors (Lipinski definition) is 1. The van der Waals surface area contributed by atoms with Gasteiger partial charge >= 0.3 is 0 Å². The highest BCUT2D eigenvalue weighted by Gasteiger charge is 2.23. The number of carbonyl (C=O) groups excluding carboxylic acids is 1. The minimum atomic E-state index is -3.97. The minimum absolute atomic E-state index is 0.00562. The number of sulfonamides is 1. The maximum absolute atomic E-state index is 13.1. The number of fused-ring (bicyclic) bond motifs is 1. The zero-order valence-corrected chi connectivity index (χ0v) is 24.5. The highest BCUT2D eigenvalue weighted by molar-refractivity contribution is 7.90. The number of amides is 1. The highest BCUT2D eigenvalue weighted by Crippen LogP contribution is 2.38. The maximum Gasteiger partial charge on any atom is 0.264 e. The van der Waals surface area contributed by atoms with Crippen molar-refractivity contribution in [3.63, 3.8) is 0 Å². The van der Waals surface area contributed by atoms with Crippen LogP contribution in [0.15, 0.2) is 71.6 Å². The predicted octanol–water partition coefficient (Wildman–Crippen LogP) is 6.92. The van der Waals surface area contributed by atoms with Crippen LogP contribution >= 0.6 is 11.3 Å². The van der Waals surface area contributed by atoms with E-state index in [1.807, 2.05) is 25.1 Å². The monoisotopic (exact) mass is 548 g/mol. The quantitative estimate of drug-likeness (QED) is 0.246. The molecule has 1 amide bonds. The van der Waals surface area contributed by atoms with E-state index in [1.54, 1.807) is 35.6 Å². The fraction of sp³-hybridized carbons (Fsp3) is 0.323. The Morgan fingerprint density at radius 1 is 0.895 bits per heavy atom. The summed E-state index contributed by atoms with van der Waals surface area (Å²) in [4.78, 5) is 16.4. The summed E-state index contributed by atoms with van der Waals surface area (Å²) < 4.78 is 29.5. The first kappa shape index (κ1) is 28.0. The van der Waals surface area contributed by atoms with E-state index in [9.17, 15) is 13.2 Å². The number of thiophene rings is 1. The van der Waals surface area contributed by atoms with Crippen molar-refractivity contribution < 1.29 is 13.2 Å². The van der Waals surface area contributed by atoms with E-state index < -0.39 is 15.9 Å². The molecule has 0 aliphatic carbocycles. The van der Waals surface area contributed by atoms with Crippen molar-refractivity contribution in [2.75, 3.05) is 14.1 Å². The van der Waals surface area contributed by atoms with Crippen LogP contribution in [0.4, 0.5) is 0 Å². The third-order valence-corrected chi connectivity index (χ3v) is 9.15. The lowest BCUT2D eigenvalue weighted by atomic mass is 9.85. The lowest BCUT2D eigenvalue weighted by Crippen LogP contribution is -2.32. The molecule has 0 bridgehead atoms.